The van der Waals surface area contributed by atoms with Gasteiger partial charge in [-0.1, -0.05) is 42.5 Å². The molecular formula is C26H33FN2O4S. The topological polar surface area (TPSA) is 75.7 Å². The van der Waals surface area contributed by atoms with Gasteiger partial charge >= 0.3 is 0 Å². The van der Waals surface area contributed by atoms with E-state index in [1.165, 1.54) is 10.4 Å². The monoisotopic (exact) mass is 488 g/mol. The van der Waals surface area contributed by atoms with Gasteiger partial charge in [0.2, 0.25) is 15.9 Å². The third-order valence-electron chi connectivity index (χ3n) is 7.34. The fourth-order valence-corrected chi connectivity index (χ4v) is 7.23. The van der Waals surface area contributed by atoms with E-state index in [0.29, 0.717) is 44.6 Å². The van der Waals surface area contributed by atoms with Crippen molar-refractivity contribution in [2.24, 2.45) is 0 Å². The number of carbonyl (C=O) groups excluding carboxylic acids is 1. The number of rotatable bonds is 7. The van der Waals surface area contributed by atoms with E-state index in [-0.39, 0.29) is 17.9 Å². The summed E-state index contributed by atoms with van der Waals surface area (Å²) in [6.07, 6.45) is 3.74. The third-order valence-corrected chi connectivity index (χ3v) is 9.59. The highest BCUT2D eigenvalue weighted by Gasteiger charge is 2.38. The summed E-state index contributed by atoms with van der Waals surface area (Å²) in [6, 6.07) is 14.4. The Morgan fingerprint density at radius 3 is 2.59 bits per heavy atom. The first-order valence-electron chi connectivity index (χ1n) is 12.0. The lowest BCUT2D eigenvalue weighted by molar-refractivity contribution is -0.121. The minimum Gasteiger partial charge on any atom is -0.381 e. The quantitative estimate of drug-likeness (QED) is 0.638. The van der Waals surface area contributed by atoms with Gasteiger partial charge in [0.1, 0.15) is 11.1 Å². The first-order valence-corrected chi connectivity index (χ1v) is 13.5. The standard InChI is InChI=1S/C26H33FN2O4S/c1-28-25(30)11-12-26(13-16-33-17-14-26)22-10-9-21(23(27)18-22)19-29-15-5-8-24(34(29,31)32)20-6-3-2-4-7-20/h2-4,6-7,9-10,18,24H,5,8,11-17,19H2,1H3,(H,28,30)/t24-/m1/s1. The molecule has 1 amide bonds. The molecule has 2 fully saturated rings. The summed E-state index contributed by atoms with van der Waals surface area (Å²) < 4.78 is 48.9. The zero-order valence-electron chi connectivity index (χ0n) is 19.6. The van der Waals surface area contributed by atoms with Crippen LogP contribution in [0.15, 0.2) is 48.5 Å². The van der Waals surface area contributed by atoms with Crippen molar-refractivity contribution in [1.82, 2.24) is 9.62 Å². The van der Waals surface area contributed by atoms with Gasteiger partial charge in [0.05, 0.1) is 0 Å². The van der Waals surface area contributed by atoms with Crippen LogP contribution in [0, 0.1) is 5.82 Å². The second-order valence-corrected chi connectivity index (χ2v) is 11.4. The Balaban J connectivity index is 1.55. The molecule has 1 atom stereocenters. The summed E-state index contributed by atoms with van der Waals surface area (Å²) in [4.78, 5) is 11.9. The summed E-state index contributed by atoms with van der Waals surface area (Å²) in [6.45, 7) is 1.56. The van der Waals surface area contributed by atoms with Crippen molar-refractivity contribution in [3.05, 3.63) is 71.0 Å². The number of hydrogen-bond donors (Lipinski definition) is 1. The van der Waals surface area contributed by atoms with Crippen LogP contribution in [0.2, 0.25) is 0 Å². The average Bonchev–Trinajstić information content (AvgIpc) is 2.85. The predicted octanol–water partition coefficient (Wildman–Crippen LogP) is 4.07. The summed E-state index contributed by atoms with van der Waals surface area (Å²) in [7, 11) is -1.97. The number of ether oxygens (including phenoxy) is 1. The van der Waals surface area contributed by atoms with Crippen LogP contribution >= 0.6 is 0 Å². The Morgan fingerprint density at radius 2 is 1.91 bits per heavy atom. The molecule has 0 saturated carbocycles. The Kier molecular flexibility index (Phi) is 7.70. The van der Waals surface area contributed by atoms with Gasteiger partial charge in [0, 0.05) is 50.8 Å². The van der Waals surface area contributed by atoms with Gasteiger partial charge in [-0.2, -0.15) is 4.31 Å². The van der Waals surface area contributed by atoms with Crippen LogP contribution in [0.4, 0.5) is 4.39 Å². The first kappa shape index (κ1) is 24.8. The lowest BCUT2D eigenvalue weighted by atomic mass is 9.71. The van der Waals surface area contributed by atoms with Crippen LogP contribution < -0.4 is 5.32 Å². The molecule has 2 aromatic rings. The Labute approximate surface area is 201 Å². The first-order chi connectivity index (χ1) is 16.4. The second kappa shape index (κ2) is 10.5. The molecule has 2 aromatic carbocycles. The van der Waals surface area contributed by atoms with E-state index in [1.54, 1.807) is 13.1 Å². The number of nitrogens with one attached hydrogen (secondary N) is 1. The van der Waals surface area contributed by atoms with Gasteiger partial charge in [-0.05, 0) is 49.3 Å². The number of halogens is 1. The van der Waals surface area contributed by atoms with Crippen molar-refractivity contribution in [1.29, 1.82) is 0 Å². The van der Waals surface area contributed by atoms with Gasteiger partial charge in [-0.25, -0.2) is 12.8 Å². The lowest BCUT2D eigenvalue weighted by Gasteiger charge is -2.38. The van der Waals surface area contributed by atoms with E-state index >= 15 is 4.39 Å². The molecule has 2 aliphatic rings. The van der Waals surface area contributed by atoms with Crippen LogP contribution in [-0.4, -0.2) is 45.4 Å². The molecule has 34 heavy (non-hydrogen) atoms. The number of amides is 1. The van der Waals surface area contributed by atoms with Crippen LogP contribution in [0.3, 0.4) is 0 Å². The molecule has 2 saturated heterocycles. The Morgan fingerprint density at radius 1 is 1.18 bits per heavy atom. The maximum atomic E-state index is 15.3. The molecule has 0 aliphatic carbocycles. The van der Waals surface area contributed by atoms with Gasteiger partial charge in [-0.3, -0.25) is 4.79 Å². The molecule has 8 heteroatoms. The van der Waals surface area contributed by atoms with Gasteiger partial charge in [0.25, 0.3) is 0 Å². The Bertz CT molecular complexity index is 1100. The van der Waals surface area contributed by atoms with Crippen LogP contribution in [0.1, 0.15) is 60.5 Å². The van der Waals surface area contributed by atoms with Crippen LogP contribution in [0.5, 0.6) is 0 Å². The number of carbonyl (C=O) groups is 1. The molecule has 0 unspecified atom stereocenters. The molecular weight excluding hydrogens is 455 g/mol. The van der Waals surface area contributed by atoms with E-state index in [9.17, 15) is 13.2 Å². The molecule has 2 aliphatic heterocycles. The van der Waals surface area contributed by atoms with Crippen LogP contribution in [0.25, 0.3) is 0 Å². The number of benzene rings is 2. The minimum absolute atomic E-state index is 0.0200. The SMILES string of the molecule is CNC(=O)CCC1(c2ccc(CN3CCC[C@H](c4ccccc4)S3(=O)=O)c(F)c2)CCOCC1. The van der Waals surface area contributed by atoms with E-state index in [0.717, 1.165) is 30.4 Å². The predicted molar refractivity (Wildman–Crippen MR) is 129 cm³/mol. The zero-order chi connectivity index (χ0) is 24.2. The number of nitrogens with zero attached hydrogens (tertiary/aromatic N) is 1. The van der Waals surface area contributed by atoms with Gasteiger partial charge in [0.15, 0.2) is 0 Å². The van der Waals surface area contributed by atoms with Crippen molar-refractivity contribution in [2.75, 3.05) is 26.8 Å². The van der Waals surface area contributed by atoms with Crippen molar-refractivity contribution in [3.63, 3.8) is 0 Å². The average molecular weight is 489 g/mol. The summed E-state index contributed by atoms with van der Waals surface area (Å²) >= 11 is 0. The largest absolute Gasteiger partial charge is 0.381 e. The molecule has 0 spiro atoms. The van der Waals surface area contributed by atoms with Crippen molar-refractivity contribution in [3.8, 4) is 0 Å². The van der Waals surface area contributed by atoms with E-state index < -0.39 is 21.1 Å². The molecule has 1 N–H and O–H groups in total. The van der Waals surface area contributed by atoms with Crippen molar-refractivity contribution < 1.29 is 22.3 Å². The van der Waals surface area contributed by atoms with Crippen molar-refractivity contribution in [2.45, 2.75) is 55.7 Å². The normalized spacial score (nSPS) is 22.2. The molecule has 0 bridgehead atoms. The van der Waals surface area contributed by atoms with E-state index in [4.69, 9.17) is 4.74 Å². The summed E-state index contributed by atoms with van der Waals surface area (Å²) in [5.74, 6) is -0.438. The zero-order valence-corrected chi connectivity index (χ0v) is 20.5. The number of sulfonamides is 1. The molecule has 184 valence electrons. The number of hydrogen-bond acceptors (Lipinski definition) is 4. The van der Waals surface area contributed by atoms with Crippen molar-refractivity contribution >= 4 is 15.9 Å². The smallest absolute Gasteiger partial charge is 0.221 e. The molecule has 2 heterocycles. The highest BCUT2D eigenvalue weighted by molar-refractivity contribution is 7.89. The van der Waals surface area contributed by atoms with Gasteiger partial charge in [-0.15, -0.1) is 0 Å². The molecule has 4 rings (SSSR count). The van der Waals surface area contributed by atoms with E-state index in [1.807, 2.05) is 36.4 Å². The Hall–Kier alpha value is -2.29. The third kappa shape index (κ3) is 5.19. The lowest BCUT2D eigenvalue weighted by Crippen LogP contribution is -2.39. The summed E-state index contributed by atoms with van der Waals surface area (Å²) in [5, 5.41) is 2.06. The van der Waals surface area contributed by atoms with E-state index in [2.05, 4.69) is 5.32 Å². The maximum Gasteiger partial charge on any atom is 0.221 e. The molecule has 0 radical (unpaired) electrons. The second-order valence-electron chi connectivity index (χ2n) is 9.29. The highest BCUT2D eigenvalue weighted by Crippen LogP contribution is 2.40. The fraction of sp³-hybridized carbons (Fsp3) is 0.500. The minimum atomic E-state index is -3.59. The maximum absolute atomic E-state index is 15.3. The summed E-state index contributed by atoms with van der Waals surface area (Å²) in [5.41, 5.74) is 1.68. The van der Waals surface area contributed by atoms with Gasteiger partial charge < -0.3 is 10.1 Å². The van der Waals surface area contributed by atoms with Crippen LogP contribution in [-0.2, 0) is 31.5 Å². The molecule has 6 nitrogen and oxygen atoms in total. The highest BCUT2D eigenvalue weighted by atomic mass is 32.2. The fourth-order valence-electron chi connectivity index (χ4n) is 5.20. The molecule has 0 aromatic heterocycles.